The van der Waals surface area contributed by atoms with E-state index in [-0.39, 0.29) is 11.9 Å². The largest absolute Gasteiger partial charge is 0.342 e. The maximum Gasteiger partial charge on any atom is 0.252 e. The summed E-state index contributed by atoms with van der Waals surface area (Å²) in [6.45, 7) is 8.02. The highest BCUT2D eigenvalue weighted by molar-refractivity contribution is 5.94. The molecular formula is C16H23N5O. The molecule has 2 heterocycles. The molecule has 118 valence electrons. The molecule has 0 aliphatic rings. The zero-order valence-corrected chi connectivity index (χ0v) is 13.8. The minimum Gasteiger partial charge on any atom is -0.342 e. The summed E-state index contributed by atoms with van der Waals surface area (Å²) in [5, 5.41) is 7.17. The number of aromatic nitrogens is 4. The molecule has 1 atom stereocenters. The Labute approximate surface area is 131 Å². The summed E-state index contributed by atoms with van der Waals surface area (Å²) in [5.41, 5.74) is 2.30. The van der Waals surface area contributed by atoms with Crippen molar-refractivity contribution in [1.29, 1.82) is 0 Å². The minimum absolute atomic E-state index is 0.109. The summed E-state index contributed by atoms with van der Waals surface area (Å²) in [6, 6.07) is 3.44. The molecule has 6 heteroatoms. The number of rotatable bonds is 5. The maximum absolute atomic E-state index is 12.6. The first-order valence-electron chi connectivity index (χ1n) is 7.47. The van der Waals surface area contributed by atoms with Crippen molar-refractivity contribution in [2.75, 3.05) is 0 Å². The van der Waals surface area contributed by atoms with Crippen LogP contribution < -0.4 is 5.32 Å². The van der Waals surface area contributed by atoms with Gasteiger partial charge in [-0.2, -0.15) is 5.10 Å². The van der Waals surface area contributed by atoms with Crippen molar-refractivity contribution in [2.24, 2.45) is 13.0 Å². The second-order valence-electron chi connectivity index (χ2n) is 6.04. The first-order valence-corrected chi connectivity index (χ1v) is 7.47. The van der Waals surface area contributed by atoms with E-state index in [4.69, 9.17) is 0 Å². The maximum atomic E-state index is 12.6. The molecule has 0 saturated carbocycles. The van der Waals surface area contributed by atoms with Crippen molar-refractivity contribution < 1.29 is 4.79 Å². The summed E-state index contributed by atoms with van der Waals surface area (Å²) in [4.78, 5) is 21.1. The van der Waals surface area contributed by atoms with Gasteiger partial charge in [0.2, 0.25) is 0 Å². The zero-order chi connectivity index (χ0) is 16.3. The van der Waals surface area contributed by atoms with Crippen LogP contribution in [0.25, 0.3) is 0 Å². The zero-order valence-electron chi connectivity index (χ0n) is 13.8. The summed E-state index contributed by atoms with van der Waals surface area (Å²) in [5.74, 6) is 1.09. The van der Waals surface area contributed by atoms with Gasteiger partial charge in [-0.3, -0.25) is 14.5 Å². The number of aryl methyl sites for hydroxylation is 3. The van der Waals surface area contributed by atoms with E-state index in [1.54, 1.807) is 16.8 Å². The quantitative estimate of drug-likeness (QED) is 0.920. The van der Waals surface area contributed by atoms with E-state index in [9.17, 15) is 4.79 Å². The fourth-order valence-corrected chi connectivity index (χ4v) is 2.53. The summed E-state index contributed by atoms with van der Waals surface area (Å²) < 4.78 is 1.70. The van der Waals surface area contributed by atoms with E-state index in [0.717, 1.165) is 23.6 Å². The highest BCUT2D eigenvalue weighted by Crippen LogP contribution is 2.19. The molecule has 2 rings (SSSR count). The van der Waals surface area contributed by atoms with Gasteiger partial charge in [-0.15, -0.1) is 0 Å². The average molecular weight is 301 g/mol. The molecule has 0 unspecified atom stereocenters. The molecule has 0 spiro atoms. The van der Waals surface area contributed by atoms with Gasteiger partial charge in [-0.1, -0.05) is 13.8 Å². The van der Waals surface area contributed by atoms with Crippen LogP contribution in [0, 0.1) is 19.8 Å². The van der Waals surface area contributed by atoms with Crippen molar-refractivity contribution in [3.05, 3.63) is 41.2 Å². The van der Waals surface area contributed by atoms with E-state index in [0.29, 0.717) is 11.5 Å². The standard InChI is InChI=1S/C16H23N5O/c1-10(2)6-14(15-17-9-18-21(15)5)20-16(22)13-7-11(3)19-12(4)8-13/h7-10,14H,6H2,1-5H3,(H,20,22)/t14-/m0/s1. The molecular weight excluding hydrogens is 278 g/mol. The third-order valence-corrected chi connectivity index (χ3v) is 3.41. The molecule has 0 bridgehead atoms. The van der Waals surface area contributed by atoms with Crippen molar-refractivity contribution in [3.63, 3.8) is 0 Å². The molecule has 0 fully saturated rings. The van der Waals surface area contributed by atoms with Crippen molar-refractivity contribution in [1.82, 2.24) is 25.1 Å². The van der Waals surface area contributed by atoms with Gasteiger partial charge in [-0.05, 0) is 38.3 Å². The second-order valence-corrected chi connectivity index (χ2v) is 6.04. The minimum atomic E-state index is -0.159. The number of carbonyl (C=O) groups is 1. The van der Waals surface area contributed by atoms with E-state index < -0.39 is 0 Å². The van der Waals surface area contributed by atoms with Gasteiger partial charge in [0.25, 0.3) is 5.91 Å². The Morgan fingerprint density at radius 1 is 1.27 bits per heavy atom. The van der Waals surface area contributed by atoms with Crippen LogP contribution in [0.5, 0.6) is 0 Å². The molecule has 0 saturated heterocycles. The van der Waals surface area contributed by atoms with Gasteiger partial charge in [0, 0.05) is 24.0 Å². The lowest BCUT2D eigenvalue weighted by atomic mass is 10.0. The number of nitrogens with zero attached hydrogens (tertiary/aromatic N) is 4. The van der Waals surface area contributed by atoms with Gasteiger partial charge >= 0.3 is 0 Å². The molecule has 1 amide bonds. The Morgan fingerprint density at radius 2 is 1.91 bits per heavy atom. The number of carbonyl (C=O) groups excluding carboxylic acids is 1. The third-order valence-electron chi connectivity index (χ3n) is 3.41. The highest BCUT2D eigenvalue weighted by atomic mass is 16.1. The monoisotopic (exact) mass is 301 g/mol. The lowest BCUT2D eigenvalue weighted by Gasteiger charge is -2.20. The van der Waals surface area contributed by atoms with Crippen LogP contribution in [-0.2, 0) is 7.05 Å². The SMILES string of the molecule is Cc1cc(C(=O)N[C@@H](CC(C)C)c2ncnn2C)cc(C)n1. The van der Waals surface area contributed by atoms with Crippen molar-refractivity contribution >= 4 is 5.91 Å². The fourth-order valence-electron chi connectivity index (χ4n) is 2.53. The van der Waals surface area contributed by atoms with E-state index in [2.05, 4.69) is 34.2 Å². The van der Waals surface area contributed by atoms with Gasteiger partial charge in [-0.25, -0.2) is 4.98 Å². The number of hydrogen-bond acceptors (Lipinski definition) is 4. The van der Waals surface area contributed by atoms with E-state index in [1.165, 1.54) is 6.33 Å². The Balaban J connectivity index is 2.23. The summed E-state index contributed by atoms with van der Waals surface area (Å²) in [7, 11) is 1.84. The highest BCUT2D eigenvalue weighted by Gasteiger charge is 2.21. The Kier molecular flexibility index (Phi) is 4.90. The van der Waals surface area contributed by atoms with Crippen molar-refractivity contribution in [3.8, 4) is 0 Å². The number of pyridine rings is 1. The fraction of sp³-hybridized carbons (Fsp3) is 0.500. The molecule has 2 aromatic heterocycles. The molecule has 2 aromatic rings. The molecule has 0 aliphatic heterocycles. The molecule has 0 aromatic carbocycles. The smallest absolute Gasteiger partial charge is 0.252 e. The van der Waals surface area contributed by atoms with E-state index >= 15 is 0 Å². The van der Waals surface area contributed by atoms with Gasteiger partial charge < -0.3 is 5.32 Å². The Hall–Kier alpha value is -2.24. The van der Waals surface area contributed by atoms with Gasteiger partial charge in [0.15, 0.2) is 0 Å². The molecule has 6 nitrogen and oxygen atoms in total. The Morgan fingerprint density at radius 3 is 2.41 bits per heavy atom. The lowest BCUT2D eigenvalue weighted by molar-refractivity contribution is 0.0928. The van der Waals surface area contributed by atoms with Crippen LogP contribution in [0.4, 0.5) is 0 Å². The Bertz CT molecular complexity index is 642. The van der Waals surface area contributed by atoms with Crippen molar-refractivity contribution in [2.45, 2.75) is 40.2 Å². The average Bonchev–Trinajstić information content (AvgIpc) is 2.82. The van der Waals surface area contributed by atoms with E-state index in [1.807, 2.05) is 20.9 Å². The predicted octanol–water partition coefficient (Wildman–Crippen LogP) is 2.34. The topological polar surface area (TPSA) is 72.7 Å². The molecule has 0 radical (unpaired) electrons. The predicted molar refractivity (Wildman–Crippen MR) is 84.4 cm³/mol. The number of amides is 1. The normalized spacial score (nSPS) is 12.5. The summed E-state index contributed by atoms with van der Waals surface area (Å²) >= 11 is 0. The molecule has 22 heavy (non-hydrogen) atoms. The lowest BCUT2D eigenvalue weighted by Crippen LogP contribution is -2.31. The first kappa shape index (κ1) is 16.1. The molecule has 1 N–H and O–H groups in total. The third kappa shape index (κ3) is 3.90. The first-order chi connectivity index (χ1) is 10.4. The van der Waals surface area contributed by atoms with Gasteiger partial charge in [0.05, 0.1) is 6.04 Å². The van der Waals surface area contributed by atoms with Crippen LogP contribution in [0.3, 0.4) is 0 Å². The molecule has 0 aliphatic carbocycles. The van der Waals surface area contributed by atoms with Crippen LogP contribution in [0.15, 0.2) is 18.5 Å². The van der Waals surface area contributed by atoms with Crippen LogP contribution in [0.2, 0.25) is 0 Å². The second kappa shape index (κ2) is 6.68. The van der Waals surface area contributed by atoms with Crippen LogP contribution >= 0.6 is 0 Å². The number of hydrogen-bond donors (Lipinski definition) is 1. The summed E-state index contributed by atoms with van der Waals surface area (Å²) in [6.07, 6.45) is 2.32. The van der Waals surface area contributed by atoms with Crippen LogP contribution in [-0.4, -0.2) is 25.7 Å². The van der Waals surface area contributed by atoms with Crippen LogP contribution in [0.1, 0.15) is 53.9 Å². The number of nitrogens with one attached hydrogen (secondary N) is 1. The van der Waals surface area contributed by atoms with Gasteiger partial charge in [0.1, 0.15) is 12.2 Å².